The lowest BCUT2D eigenvalue weighted by Gasteiger charge is -2.17. The Bertz CT molecular complexity index is 3050. The zero-order valence-electron chi connectivity index (χ0n) is 35.5. The molecule has 0 saturated heterocycles. The van der Waals surface area contributed by atoms with Gasteiger partial charge in [0.15, 0.2) is 5.75 Å². The van der Waals surface area contributed by atoms with Crippen LogP contribution in [0, 0.1) is 39.9 Å². The van der Waals surface area contributed by atoms with Crippen LogP contribution in [0.15, 0.2) is 121 Å². The number of carbonyl (C=O) groups is 1. The number of fused-ring (bicyclic) bond motifs is 2. The Morgan fingerprint density at radius 3 is 1.65 bits per heavy atom. The van der Waals surface area contributed by atoms with Crippen LogP contribution in [-0.4, -0.2) is 44.4 Å². The molecule has 0 fully saturated rings. The van der Waals surface area contributed by atoms with E-state index in [1.165, 1.54) is 38.7 Å². The summed E-state index contributed by atoms with van der Waals surface area (Å²) in [5, 5.41) is 32.6. The van der Waals surface area contributed by atoms with Crippen molar-refractivity contribution in [2.75, 3.05) is 13.2 Å². The highest BCUT2D eigenvalue weighted by Gasteiger charge is 2.24. The van der Waals surface area contributed by atoms with Crippen LogP contribution < -0.4 is 0 Å². The van der Waals surface area contributed by atoms with E-state index >= 15 is 0 Å². The summed E-state index contributed by atoms with van der Waals surface area (Å²) in [6, 6.07) is 35.8. The van der Waals surface area contributed by atoms with Crippen molar-refractivity contribution in [1.82, 2.24) is 9.97 Å². The van der Waals surface area contributed by atoms with E-state index in [0.29, 0.717) is 25.1 Å². The van der Waals surface area contributed by atoms with Crippen LogP contribution in [-0.2, 0) is 19.8 Å². The predicted octanol–water partition coefficient (Wildman–Crippen LogP) is 13.6. The van der Waals surface area contributed by atoms with Crippen LogP contribution in [0.3, 0.4) is 0 Å². The summed E-state index contributed by atoms with van der Waals surface area (Å²) in [7, 11) is -3.07. The maximum absolute atomic E-state index is 12.6. The van der Waals surface area contributed by atoms with Gasteiger partial charge in [-0.25, -0.2) is 9.97 Å². The maximum Gasteiger partial charge on any atom is 0.335 e. The second kappa shape index (κ2) is 21.7. The molecule has 6 aromatic carbocycles. The Hall–Kier alpha value is -6.81. The first kappa shape index (κ1) is 47.7. The molecule has 0 spiro atoms. The van der Waals surface area contributed by atoms with Crippen LogP contribution in [0.1, 0.15) is 52.0 Å². The molecular weight excluding hydrogens is 891 g/mol. The quantitative estimate of drug-likeness (QED) is 0.0381. The molecule has 8 rings (SSSR count). The van der Waals surface area contributed by atoms with Gasteiger partial charge in [0.25, 0.3) is 0 Å². The molecule has 0 amide bonds. The number of hydrogen-bond donors (Lipinski definition) is 1. The van der Waals surface area contributed by atoms with E-state index in [4.69, 9.17) is 19.0 Å². The molecule has 0 aliphatic heterocycles. The Morgan fingerprint density at radius 2 is 1.14 bits per heavy atom. The van der Waals surface area contributed by atoms with Gasteiger partial charge in [-0.2, -0.15) is 4.39 Å². The van der Waals surface area contributed by atoms with Gasteiger partial charge in [-0.15, -0.1) is 22.7 Å². The van der Waals surface area contributed by atoms with Gasteiger partial charge in [0.1, 0.15) is 16.3 Å². The number of aromatic nitrogens is 2. The van der Waals surface area contributed by atoms with Crippen molar-refractivity contribution in [2.24, 2.45) is 0 Å². The molecule has 0 saturated carbocycles. The van der Waals surface area contributed by atoms with Crippen LogP contribution in [0.25, 0.3) is 53.7 Å². The van der Waals surface area contributed by atoms with Crippen molar-refractivity contribution in [3.05, 3.63) is 181 Å². The van der Waals surface area contributed by atoms with Gasteiger partial charge in [-0.05, 0) is 98.0 Å². The van der Waals surface area contributed by atoms with Crippen molar-refractivity contribution < 1.29 is 37.8 Å². The number of nitro groups is 2. The van der Waals surface area contributed by atoms with Crippen LogP contribution >= 0.6 is 30.3 Å². The van der Waals surface area contributed by atoms with Crippen LogP contribution in [0.2, 0.25) is 0 Å². The zero-order valence-corrected chi connectivity index (χ0v) is 38.1. The minimum Gasteiger partial charge on any atom is -0.502 e. The molecule has 0 radical (unpaired) electrons. The van der Waals surface area contributed by atoms with E-state index in [1.54, 1.807) is 34.8 Å². The molecule has 1 N–H and O–H groups in total. The smallest absolute Gasteiger partial charge is 0.335 e. The van der Waals surface area contributed by atoms with Gasteiger partial charge in [-0.3, -0.25) is 29.6 Å². The second-order valence-corrected chi connectivity index (χ2v) is 18.4. The third kappa shape index (κ3) is 12.7. The van der Waals surface area contributed by atoms with Crippen LogP contribution in [0.5, 0.6) is 5.75 Å². The van der Waals surface area contributed by atoms with Crippen molar-refractivity contribution in [1.29, 1.82) is 0 Å². The number of hydrogen-bond acceptors (Lipinski definition) is 13. The first-order valence-electron chi connectivity index (χ1n) is 20.0. The molecule has 8 aromatic rings. The zero-order chi connectivity index (χ0) is 46.7. The maximum atomic E-state index is 12.6. The average Bonchev–Trinajstić information content (AvgIpc) is 3.91. The number of carbonyl (C=O) groups excluding carboxylic acids is 1. The largest absolute Gasteiger partial charge is 0.502 e. The lowest BCUT2D eigenvalue weighted by atomic mass is 10.1. The number of nitrogens with zero attached hydrogens (tertiary/aromatic N) is 4. The number of phenols is 1. The van der Waals surface area contributed by atoms with Gasteiger partial charge >= 0.3 is 19.0 Å². The molecule has 0 aliphatic carbocycles. The van der Waals surface area contributed by atoms with Gasteiger partial charge in [0.05, 0.1) is 49.7 Å². The summed E-state index contributed by atoms with van der Waals surface area (Å²) in [6.45, 7) is 8.56. The number of benzene rings is 6. The topological polar surface area (TPSA) is 185 Å². The lowest BCUT2D eigenvalue weighted by molar-refractivity contribution is -0.387. The number of aldehydes is 1. The third-order valence-corrected chi connectivity index (χ3v) is 13.6. The molecule has 2 heterocycles. The standard InChI is InChI=1S/C22H16N2O3S.C19H22NO3PS.C7H4FNO3/c1-14-2-10-18-21(12-14)28-22(23-18)17-8-5-15(6-9-17)3-4-16-7-11-20(25)19(13-16)24(26)27;1-4-22-24(21,23-5-2)13-15-7-9-16(10-8-15)19-20-17-11-6-14(3)12-18(17)25-19;8-6-2-1-5(4-10)3-7(6)9(11)12/h2-13,25H,1H3;6-12H,4-5,13H2,1-3H3;1-4H/b4-3+;;. The minimum absolute atomic E-state index is 0.0862. The fraction of sp³-hybridized carbons (Fsp3) is 0.146. The van der Waals surface area contributed by atoms with E-state index in [9.17, 15) is 39.1 Å². The molecule has 0 atom stereocenters. The summed E-state index contributed by atoms with van der Waals surface area (Å²) >= 11 is 3.35. The predicted molar refractivity (Wildman–Crippen MR) is 256 cm³/mol. The van der Waals surface area contributed by atoms with E-state index in [0.717, 1.165) is 55.4 Å². The first-order valence-corrected chi connectivity index (χ1v) is 23.4. The highest BCUT2D eigenvalue weighted by Crippen LogP contribution is 2.51. The summed E-state index contributed by atoms with van der Waals surface area (Å²) in [6.07, 6.45) is 4.37. The molecule has 332 valence electrons. The molecule has 0 bridgehead atoms. The van der Waals surface area contributed by atoms with Gasteiger partial charge in [-0.1, -0.05) is 78.9 Å². The van der Waals surface area contributed by atoms with Gasteiger partial charge < -0.3 is 14.2 Å². The molecular formula is C48H42FN4O9PS2. The number of thiazole rings is 2. The Morgan fingerprint density at radius 1 is 0.662 bits per heavy atom. The molecule has 65 heavy (non-hydrogen) atoms. The van der Waals surface area contributed by atoms with Crippen LogP contribution in [0.4, 0.5) is 15.8 Å². The van der Waals surface area contributed by atoms with E-state index < -0.39 is 28.9 Å². The third-order valence-electron chi connectivity index (χ3n) is 9.44. The van der Waals surface area contributed by atoms with Crippen molar-refractivity contribution in [3.8, 4) is 26.9 Å². The Balaban J connectivity index is 0.000000174. The Kier molecular flexibility index (Phi) is 15.9. The normalized spacial score (nSPS) is 11.2. The average molecular weight is 933 g/mol. The molecule has 2 aromatic heterocycles. The number of nitro benzene ring substituents is 2. The van der Waals surface area contributed by atoms with E-state index in [2.05, 4.69) is 44.2 Å². The number of halogens is 1. The summed E-state index contributed by atoms with van der Waals surface area (Å²) in [5.74, 6) is -1.27. The van der Waals surface area contributed by atoms with Gasteiger partial charge in [0.2, 0.25) is 5.82 Å². The summed E-state index contributed by atoms with van der Waals surface area (Å²) in [4.78, 5) is 39.1. The molecule has 17 heteroatoms. The Labute approximate surface area is 381 Å². The fourth-order valence-electron chi connectivity index (χ4n) is 6.27. The summed E-state index contributed by atoms with van der Waals surface area (Å²) < 4.78 is 38.3. The summed E-state index contributed by atoms with van der Waals surface area (Å²) in [5.41, 5.74) is 8.25. The monoisotopic (exact) mass is 932 g/mol. The van der Waals surface area contributed by atoms with E-state index in [1.807, 2.05) is 74.5 Å². The molecule has 0 unspecified atom stereocenters. The molecule has 13 nitrogen and oxygen atoms in total. The van der Waals surface area contributed by atoms with E-state index in [-0.39, 0.29) is 23.2 Å². The van der Waals surface area contributed by atoms with Crippen molar-refractivity contribution in [2.45, 2.75) is 33.9 Å². The first-order chi connectivity index (χ1) is 31.2. The highest BCUT2D eigenvalue weighted by atomic mass is 32.1. The SMILES string of the molecule is CCOP(=O)(Cc1ccc(-c2nc3ccc(C)cc3s2)cc1)OCC.Cc1ccc2nc(-c3ccc(/C=C/c4ccc(O)c([N+](=O)[O-])c4)cc3)sc2c1.O=Cc1ccc(F)c([N+](=O)[O-])c1. The van der Waals surface area contributed by atoms with Crippen molar-refractivity contribution in [3.63, 3.8) is 0 Å². The minimum atomic E-state index is -3.07. The second-order valence-electron chi connectivity index (χ2n) is 14.3. The molecule has 0 aliphatic rings. The highest BCUT2D eigenvalue weighted by molar-refractivity contribution is 7.53. The fourth-order valence-corrected chi connectivity index (χ4v) is 10.1. The number of aryl methyl sites for hydroxylation is 2. The number of phenolic OH excluding ortho intramolecular Hbond substituents is 1. The van der Waals surface area contributed by atoms with Gasteiger partial charge in [0, 0.05) is 28.8 Å². The number of rotatable bonds is 13. The lowest BCUT2D eigenvalue weighted by Crippen LogP contribution is -1.99. The van der Waals surface area contributed by atoms with Crippen molar-refractivity contribution >= 4 is 80.5 Å². The number of aromatic hydroxyl groups is 1.